The van der Waals surface area contributed by atoms with Crippen LogP contribution in [0.4, 0.5) is 0 Å². The van der Waals surface area contributed by atoms with Crippen LogP contribution in [0.3, 0.4) is 0 Å². The number of Topliss-reactive ketones (excluding diaryl/α,β-unsaturated/α-hetero) is 1. The predicted molar refractivity (Wildman–Crippen MR) is 63.0 cm³/mol. The van der Waals surface area contributed by atoms with E-state index >= 15 is 0 Å². The van der Waals surface area contributed by atoms with Gasteiger partial charge < -0.3 is 0 Å². The second-order valence-electron chi connectivity index (χ2n) is 4.24. The van der Waals surface area contributed by atoms with Crippen molar-refractivity contribution < 1.29 is 4.79 Å². The van der Waals surface area contributed by atoms with Crippen LogP contribution in [0, 0.1) is 24.7 Å². The zero-order valence-corrected chi connectivity index (χ0v) is 9.49. The molecule has 16 heavy (non-hydrogen) atoms. The molecule has 1 aliphatic carbocycles. The van der Waals surface area contributed by atoms with Gasteiger partial charge in [-0.3, -0.25) is 4.79 Å². The van der Waals surface area contributed by atoms with Crippen LogP contribution in [0.25, 0.3) is 0 Å². The van der Waals surface area contributed by atoms with Crippen molar-refractivity contribution in [3.05, 3.63) is 29.6 Å². The Balaban J connectivity index is 2.07. The van der Waals surface area contributed by atoms with Crippen molar-refractivity contribution in [1.82, 2.24) is 4.98 Å². The second kappa shape index (κ2) is 4.94. The molecule has 1 heterocycles. The van der Waals surface area contributed by atoms with Gasteiger partial charge in [0.05, 0.1) is 0 Å². The van der Waals surface area contributed by atoms with Gasteiger partial charge in [-0.05, 0) is 37.8 Å². The van der Waals surface area contributed by atoms with E-state index < -0.39 is 0 Å². The maximum atomic E-state index is 11.7. The summed E-state index contributed by atoms with van der Waals surface area (Å²) >= 11 is 0. The molecule has 2 heteroatoms. The highest BCUT2D eigenvalue weighted by Crippen LogP contribution is 2.23. The van der Waals surface area contributed by atoms with E-state index in [9.17, 15) is 4.79 Å². The Morgan fingerprint density at radius 1 is 1.38 bits per heavy atom. The molecule has 0 aliphatic heterocycles. The average molecular weight is 213 g/mol. The maximum absolute atomic E-state index is 11.7. The Labute approximate surface area is 96.1 Å². The third-order valence-corrected chi connectivity index (χ3v) is 2.87. The molecular weight excluding hydrogens is 198 g/mol. The minimum absolute atomic E-state index is 0.157. The molecule has 0 bridgehead atoms. The Bertz CT molecular complexity index is 447. The number of pyridine rings is 1. The van der Waals surface area contributed by atoms with Crippen molar-refractivity contribution in [1.29, 1.82) is 0 Å². The fourth-order valence-electron chi connectivity index (χ4n) is 1.97. The van der Waals surface area contributed by atoms with Gasteiger partial charge in [-0.2, -0.15) is 0 Å². The highest BCUT2D eigenvalue weighted by molar-refractivity contribution is 6.07. The molecule has 2 nitrogen and oxygen atoms in total. The molecular formula is C14H15NO. The van der Waals surface area contributed by atoms with Crippen molar-refractivity contribution in [3.63, 3.8) is 0 Å². The fraction of sp³-hybridized carbons (Fsp3) is 0.429. The van der Waals surface area contributed by atoms with Gasteiger partial charge in [-0.15, -0.1) is 0 Å². The lowest BCUT2D eigenvalue weighted by molar-refractivity contribution is 0.105. The number of ketones is 1. The zero-order chi connectivity index (χ0) is 11.4. The van der Waals surface area contributed by atoms with Gasteiger partial charge in [0.2, 0.25) is 0 Å². The van der Waals surface area contributed by atoms with Crippen LogP contribution in [0.1, 0.15) is 41.9 Å². The largest absolute Gasteiger partial charge is 0.277 e. The molecule has 1 aromatic heterocycles. The van der Waals surface area contributed by atoms with Crippen molar-refractivity contribution in [2.75, 3.05) is 0 Å². The summed E-state index contributed by atoms with van der Waals surface area (Å²) < 4.78 is 0. The van der Waals surface area contributed by atoms with Crippen LogP contribution in [0.15, 0.2) is 18.2 Å². The van der Waals surface area contributed by atoms with E-state index in [1.165, 1.54) is 12.8 Å². The van der Waals surface area contributed by atoms with Crippen molar-refractivity contribution in [2.24, 2.45) is 5.92 Å². The summed E-state index contributed by atoms with van der Waals surface area (Å²) in [6, 6.07) is 5.44. The minimum Gasteiger partial charge on any atom is -0.277 e. The van der Waals surface area contributed by atoms with E-state index in [1.54, 1.807) is 6.07 Å². The molecule has 0 spiro atoms. The first-order valence-corrected chi connectivity index (χ1v) is 5.75. The average Bonchev–Trinajstić information content (AvgIpc) is 2.78. The van der Waals surface area contributed by atoms with Crippen LogP contribution in [-0.2, 0) is 0 Å². The topological polar surface area (TPSA) is 30.0 Å². The highest BCUT2D eigenvalue weighted by atomic mass is 16.1. The first kappa shape index (κ1) is 10.9. The number of hydrogen-bond acceptors (Lipinski definition) is 2. The van der Waals surface area contributed by atoms with Gasteiger partial charge in [0.25, 0.3) is 5.78 Å². The van der Waals surface area contributed by atoms with Crippen molar-refractivity contribution in [3.8, 4) is 11.8 Å². The highest BCUT2D eigenvalue weighted by Gasteiger charge is 2.12. The van der Waals surface area contributed by atoms with Crippen molar-refractivity contribution in [2.45, 2.75) is 32.6 Å². The Hall–Kier alpha value is -1.62. The van der Waals surface area contributed by atoms with E-state index in [1.807, 2.05) is 19.1 Å². The van der Waals surface area contributed by atoms with E-state index in [4.69, 9.17) is 0 Å². The number of carbonyl (C=O) groups is 1. The zero-order valence-electron chi connectivity index (χ0n) is 9.49. The summed E-state index contributed by atoms with van der Waals surface area (Å²) in [7, 11) is 0. The van der Waals surface area contributed by atoms with Crippen LogP contribution < -0.4 is 0 Å². The third-order valence-electron chi connectivity index (χ3n) is 2.87. The van der Waals surface area contributed by atoms with E-state index in [0.717, 1.165) is 18.5 Å². The molecule has 0 N–H and O–H groups in total. The third kappa shape index (κ3) is 2.70. The Morgan fingerprint density at radius 2 is 2.12 bits per heavy atom. The van der Waals surface area contributed by atoms with E-state index in [0.29, 0.717) is 11.6 Å². The maximum Gasteiger partial charge on any atom is 0.254 e. The molecule has 1 aromatic rings. The number of aryl methyl sites for hydroxylation is 1. The van der Waals surface area contributed by atoms with Gasteiger partial charge in [0, 0.05) is 11.6 Å². The van der Waals surface area contributed by atoms with E-state index in [2.05, 4.69) is 16.8 Å². The summed E-state index contributed by atoms with van der Waals surface area (Å²) in [5.74, 6) is 6.04. The first-order chi connectivity index (χ1) is 7.75. The van der Waals surface area contributed by atoms with Gasteiger partial charge in [0.1, 0.15) is 5.69 Å². The lowest BCUT2D eigenvalue weighted by Gasteiger charge is -1.96. The van der Waals surface area contributed by atoms with Gasteiger partial charge in [0.15, 0.2) is 0 Å². The summed E-state index contributed by atoms with van der Waals surface area (Å²) in [6.07, 6.45) is 4.77. The SMILES string of the molecule is Cc1cccc(C(=O)C#CC2CCCC2)n1. The standard InChI is InChI=1S/C14H15NO/c1-11-5-4-8-13(15-11)14(16)10-9-12-6-2-3-7-12/h4-5,8,12H,2-3,6-7H2,1H3. The monoisotopic (exact) mass is 213 g/mol. The van der Waals surface area contributed by atoms with Crippen LogP contribution in [0.5, 0.6) is 0 Å². The van der Waals surface area contributed by atoms with Gasteiger partial charge in [-0.25, -0.2) is 4.98 Å². The molecule has 1 fully saturated rings. The molecule has 1 aliphatic rings. The van der Waals surface area contributed by atoms with Crippen molar-refractivity contribution >= 4 is 5.78 Å². The summed E-state index contributed by atoms with van der Waals surface area (Å²) in [5.41, 5.74) is 1.32. The van der Waals surface area contributed by atoms with E-state index in [-0.39, 0.29) is 5.78 Å². The number of hydrogen-bond donors (Lipinski definition) is 0. The van der Waals surface area contributed by atoms with Crippen LogP contribution in [-0.4, -0.2) is 10.8 Å². The molecule has 2 rings (SSSR count). The molecule has 1 saturated carbocycles. The minimum atomic E-state index is -0.157. The molecule has 0 radical (unpaired) electrons. The molecule has 0 saturated heterocycles. The number of aromatic nitrogens is 1. The Kier molecular flexibility index (Phi) is 3.36. The van der Waals surface area contributed by atoms with Crippen LogP contribution in [0.2, 0.25) is 0 Å². The molecule has 0 aromatic carbocycles. The molecule has 82 valence electrons. The van der Waals surface area contributed by atoms with Crippen LogP contribution >= 0.6 is 0 Å². The predicted octanol–water partition coefficient (Wildman–Crippen LogP) is 2.77. The summed E-state index contributed by atoms with van der Waals surface area (Å²) in [5, 5.41) is 0. The second-order valence-corrected chi connectivity index (χ2v) is 4.24. The van der Waals surface area contributed by atoms with Gasteiger partial charge in [-0.1, -0.05) is 24.8 Å². The normalized spacial score (nSPS) is 15.6. The quantitative estimate of drug-likeness (QED) is 0.408. The number of carbonyl (C=O) groups excluding carboxylic acids is 1. The smallest absolute Gasteiger partial charge is 0.254 e. The summed E-state index contributed by atoms with van der Waals surface area (Å²) in [6.45, 7) is 1.88. The molecule has 0 amide bonds. The molecule has 0 atom stereocenters. The lowest BCUT2D eigenvalue weighted by atomic mass is 10.1. The Morgan fingerprint density at radius 3 is 2.81 bits per heavy atom. The number of nitrogens with zero attached hydrogens (tertiary/aromatic N) is 1. The van der Waals surface area contributed by atoms with Gasteiger partial charge >= 0.3 is 0 Å². The molecule has 0 unspecified atom stereocenters. The summed E-state index contributed by atoms with van der Waals surface area (Å²) in [4.78, 5) is 15.9. The fourth-order valence-corrected chi connectivity index (χ4v) is 1.97. The number of rotatable bonds is 1. The lowest BCUT2D eigenvalue weighted by Crippen LogP contribution is -2.00. The first-order valence-electron chi connectivity index (χ1n) is 5.75.